The van der Waals surface area contributed by atoms with E-state index in [9.17, 15) is 19.5 Å². The van der Waals surface area contributed by atoms with Crippen molar-refractivity contribution in [2.75, 3.05) is 19.6 Å². The maximum atomic E-state index is 12.1. The molecule has 9 heteroatoms. The molecule has 0 unspecified atom stereocenters. The summed E-state index contributed by atoms with van der Waals surface area (Å²) in [6.45, 7) is 0.879. The summed E-state index contributed by atoms with van der Waals surface area (Å²) >= 11 is 5.72. The molecule has 0 radical (unpaired) electrons. The van der Waals surface area contributed by atoms with Gasteiger partial charge in [-0.25, -0.2) is 4.79 Å². The number of aliphatic hydroxyl groups excluding tert-OH is 1. The first kappa shape index (κ1) is 16.7. The fourth-order valence-electron chi connectivity index (χ4n) is 2.53. The number of amides is 1. The number of hydrogen-bond acceptors (Lipinski definition) is 5. The number of aromatic nitrogens is 2. The molecule has 0 aliphatic carbocycles. The van der Waals surface area contributed by atoms with E-state index < -0.39 is 23.4 Å². The molecule has 0 aromatic carbocycles. The maximum Gasteiger partial charge on any atom is 0.328 e. The quantitative estimate of drug-likeness (QED) is 0.602. The van der Waals surface area contributed by atoms with Gasteiger partial charge in [0.15, 0.2) is 0 Å². The summed E-state index contributed by atoms with van der Waals surface area (Å²) in [6.07, 6.45) is 2.12. The molecule has 1 fully saturated rings. The number of unbranched alkanes of at least 4 members (excludes halogenated alkanes) is 1. The first-order valence-corrected chi connectivity index (χ1v) is 7.48. The molecule has 1 aromatic heterocycles. The molecule has 0 spiro atoms. The van der Waals surface area contributed by atoms with Crippen LogP contribution in [-0.4, -0.2) is 51.2 Å². The first-order valence-electron chi connectivity index (χ1n) is 7.11. The molecule has 8 nitrogen and oxygen atoms in total. The van der Waals surface area contributed by atoms with Crippen molar-refractivity contribution >= 4 is 17.5 Å². The van der Waals surface area contributed by atoms with Gasteiger partial charge in [-0.3, -0.25) is 19.1 Å². The van der Waals surface area contributed by atoms with E-state index in [4.69, 9.17) is 17.3 Å². The van der Waals surface area contributed by atoms with Crippen LogP contribution < -0.4 is 17.0 Å². The van der Waals surface area contributed by atoms with E-state index in [2.05, 4.69) is 4.98 Å². The van der Waals surface area contributed by atoms with Gasteiger partial charge in [0.05, 0.1) is 12.1 Å². The number of rotatable bonds is 5. The predicted octanol–water partition coefficient (Wildman–Crippen LogP) is -0.937. The lowest BCUT2D eigenvalue weighted by Crippen LogP contribution is -2.36. The molecule has 0 bridgehead atoms. The number of carbonyl (C=O) groups is 1. The molecule has 0 saturated carbocycles. The Morgan fingerprint density at radius 3 is 2.82 bits per heavy atom. The van der Waals surface area contributed by atoms with Crippen LogP contribution in [0.15, 0.2) is 15.8 Å². The van der Waals surface area contributed by atoms with E-state index in [-0.39, 0.29) is 24.0 Å². The number of β-amino-alcohol motifs (C(OH)–C–C–N with tert-alkyl or cyclic N) is 1. The van der Waals surface area contributed by atoms with Crippen LogP contribution in [-0.2, 0) is 4.79 Å². The SMILES string of the molecule is NCCCCC(=O)N1C[C@H](O)[C@@H](n2cc(Cl)c(=O)[nH]c2=O)C1. The lowest BCUT2D eigenvalue weighted by molar-refractivity contribution is -0.130. The number of aromatic amines is 1. The molecule has 2 atom stereocenters. The van der Waals surface area contributed by atoms with Crippen molar-refractivity contribution < 1.29 is 9.90 Å². The Morgan fingerprint density at radius 1 is 1.41 bits per heavy atom. The van der Waals surface area contributed by atoms with E-state index in [0.717, 1.165) is 6.42 Å². The second-order valence-electron chi connectivity index (χ2n) is 5.32. The highest BCUT2D eigenvalue weighted by Gasteiger charge is 2.35. The Labute approximate surface area is 131 Å². The summed E-state index contributed by atoms with van der Waals surface area (Å²) in [5, 5.41) is 9.97. The molecule has 1 aromatic rings. The van der Waals surface area contributed by atoms with Crippen molar-refractivity contribution in [3.05, 3.63) is 32.1 Å². The summed E-state index contributed by atoms with van der Waals surface area (Å²) in [5.41, 5.74) is 4.05. The minimum Gasteiger partial charge on any atom is -0.389 e. The van der Waals surface area contributed by atoms with Gasteiger partial charge in [0.1, 0.15) is 5.02 Å². The highest BCUT2D eigenvalue weighted by molar-refractivity contribution is 6.30. The Bertz CT molecular complexity index is 656. The van der Waals surface area contributed by atoms with Crippen molar-refractivity contribution in [2.24, 2.45) is 5.73 Å². The minimum absolute atomic E-state index is 0.0847. The summed E-state index contributed by atoms with van der Waals surface area (Å²) in [4.78, 5) is 38.7. The van der Waals surface area contributed by atoms with E-state index in [0.29, 0.717) is 19.4 Å². The van der Waals surface area contributed by atoms with Crippen LogP contribution in [0.4, 0.5) is 0 Å². The van der Waals surface area contributed by atoms with Crippen LogP contribution in [0.3, 0.4) is 0 Å². The van der Waals surface area contributed by atoms with Crippen molar-refractivity contribution in [3.63, 3.8) is 0 Å². The molecule has 2 rings (SSSR count). The number of carbonyl (C=O) groups excluding carboxylic acids is 1. The molecule has 122 valence electrons. The van der Waals surface area contributed by atoms with Gasteiger partial charge in [0.2, 0.25) is 5.91 Å². The lowest BCUT2D eigenvalue weighted by atomic mass is 10.2. The average Bonchev–Trinajstić information content (AvgIpc) is 2.85. The molecule has 1 amide bonds. The topological polar surface area (TPSA) is 121 Å². The van der Waals surface area contributed by atoms with Crippen LogP contribution in [0.1, 0.15) is 25.3 Å². The monoisotopic (exact) mass is 330 g/mol. The number of hydrogen-bond donors (Lipinski definition) is 3. The van der Waals surface area contributed by atoms with Gasteiger partial charge in [-0.15, -0.1) is 0 Å². The van der Waals surface area contributed by atoms with Crippen LogP contribution in [0, 0.1) is 0 Å². The van der Waals surface area contributed by atoms with Crippen molar-refractivity contribution in [1.82, 2.24) is 14.5 Å². The zero-order chi connectivity index (χ0) is 16.3. The number of nitrogens with one attached hydrogen (secondary N) is 1. The van der Waals surface area contributed by atoms with Gasteiger partial charge in [-0.05, 0) is 19.4 Å². The number of halogens is 1. The standard InChI is InChI=1S/C13H19ClN4O4/c14-8-5-18(13(22)16-12(8)21)9-6-17(7-10(9)19)11(20)3-1-2-4-15/h5,9-10,19H,1-4,6-7,15H2,(H,16,21,22)/t9-,10-/m0/s1. The molecule has 1 saturated heterocycles. The number of likely N-dealkylation sites (tertiary alicyclic amines) is 1. The Hall–Kier alpha value is -1.64. The highest BCUT2D eigenvalue weighted by Crippen LogP contribution is 2.22. The molecule has 2 heterocycles. The molecule has 1 aliphatic rings. The zero-order valence-corrected chi connectivity index (χ0v) is 12.8. The number of aliphatic hydroxyl groups is 1. The second-order valence-corrected chi connectivity index (χ2v) is 5.73. The molecule has 22 heavy (non-hydrogen) atoms. The normalized spacial score (nSPS) is 21.3. The average molecular weight is 331 g/mol. The lowest BCUT2D eigenvalue weighted by Gasteiger charge is -2.17. The number of nitrogens with two attached hydrogens (primary N) is 1. The second kappa shape index (κ2) is 7.08. The third-order valence-electron chi connectivity index (χ3n) is 3.74. The Morgan fingerprint density at radius 2 is 2.14 bits per heavy atom. The molecular formula is C13H19ClN4O4. The van der Waals surface area contributed by atoms with E-state index in [1.54, 1.807) is 0 Å². The summed E-state index contributed by atoms with van der Waals surface area (Å²) < 4.78 is 1.17. The van der Waals surface area contributed by atoms with Gasteiger partial charge < -0.3 is 15.7 Å². The number of nitrogens with zero attached hydrogens (tertiary/aromatic N) is 2. The molecule has 1 aliphatic heterocycles. The van der Waals surface area contributed by atoms with Gasteiger partial charge in [-0.1, -0.05) is 11.6 Å². The first-order chi connectivity index (χ1) is 10.4. The minimum atomic E-state index is -0.891. The van der Waals surface area contributed by atoms with Gasteiger partial charge in [-0.2, -0.15) is 0 Å². The van der Waals surface area contributed by atoms with Gasteiger partial charge in [0, 0.05) is 25.7 Å². The van der Waals surface area contributed by atoms with E-state index >= 15 is 0 Å². The van der Waals surface area contributed by atoms with Gasteiger partial charge in [0.25, 0.3) is 5.56 Å². The van der Waals surface area contributed by atoms with Crippen LogP contribution in [0.5, 0.6) is 0 Å². The highest BCUT2D eigenvalue weighted by atomic mass is 35.5. The zero-order valence-electron chi connectivity index (χ0n) is 12.0. The van der Waals surface area contributed by atoms with Gasteiger partial charge >= 0.3 is 5.69 Å². The van der Waals surface area contributed by atoms with Crippen molar-refractivity contribution in [3.8, 4) is 0 Å². The molecule has 4 N–H and O–H groups in total. The Kier molecular flexibility index (Phi) is 5.38. The van der Waals surface area contributed by atoms with Crippen molar-refractivity contribution in [1.29, 1.82) is 0 Å². The number of H-pyrrole nitrogens is 1. The largest absolute Gasteiger partial charge is 0.389 e. The Balaban J connectivity index is 2.11. The third kappa shape index (κ3) is 3.57. The fraction of sp³-hybridized carbons (Fsp3) is 0.615. The summed E-state index contributed by atoms with van der Waals surface area (Å²) in [5.74, 6) is -0.0847. The van der Waals surface area contributed by atoms with Crippen LogP contribution >= 0.6 is 11.6 Å². The predicted molar refractivity (Wildman–Crippen MR) is 80.9 cm³/mol. The van der Waals surface area contributed by atoms with Crippen LogP contribution in [0.25, 0.3) is 0 Å². The fourth-order valence-corrected chi connectivity index (χ4v) is 2.68. The smallest absolute Gasteiger partial charge is 0.328 e. The summed E-state index contributed by atoms with van der Waals surface area (Å²) in [6, 6.07) is -0.625. The third-order valence-corrected chi connectivity index (χ3v) is 4.01. The van der Waals surface area contributed by atoms with E-state index in [1.165, 1.54) is 15.7 Å². The molecular weight excluding hydrogens is 312 g/mol. The van der Waals surface area contributed by atoms with Crippen LogP contribution in [0.2, 0.25) is 5.02 Å². The van der Waals surface area contributed by atoms with E-state index in [1.807, 2.05) is 0 Å². The van der Waals surface area contributed by atoms with Crippen molar-refractivity contribution in [2.45, 2.75) is 31.4 Å². The summed E-state index contributed by atoms with van der Waals surface area (Å²) in [7, 11) is 0. The maximum absolute atomic E-state index is 12.1.